The number of alkyl halides is 2. The van der Waals surface area contributed by atoms with Crippen molar-refractivity contribution in [3.63, 3.8) is 0 Å². The Hall–Kier alpha value is -3.94. The minimum Gasteiger partial charge on any atom is -0.473 e. The van der Waals surface area contributed by atoms with Gasteiger partial charge in [0.15, 0.2) is 5.82 Å². The summed E-state index contributed by atoms with van der Waals surface area (Å²) in [6.45, 7) is 4.23. The lowest BCUT2D eigenvalue weighted by Gasteiger charge is -2.28. The molecule has 0 aliphatic carbocycles. The molecule has 1 aromatic carbocycles. The molecule has 1 atom stereocenters. The van der Waals surface area contributed by atoms with Crippen LogP contribution in [0, 0.1) is 17.1 Å². The topological polar surface area (TPSA) is 96.9 Å². The molecule has 0 radical (unpaired) electrons. The molecule has 33 heavy (non-hydrogen) atoms. The van der Waals surface area contributed by atoms with Gasteiger partial charge in [-0.2, -0.15) is 20.3 Å². The van der Waals surface area contributed by atoms with E-state index in [1.54, 1.807) is 26.0 Å². The number of carbonyl (C=O) groups excluding carboxylic acids is 1. The molecule has 0 N–H and O–H groups in total. The van der Waals surface area contributed by atoms with Gasteiger partial charge in [0, 0.05) is 25.2 Å². The molecular weight excluding hydrogens is 437 g/mol. The van der Waals surface area contributed by atoms with Gasteiger partial charge in [0.05, 0.1) is 41.3 Å². The largest absolute Gasteiger partial charge is 0.473 e. The van der Waals surface area contributed by atoms with E-state index in [1.165, 1.54) is 28.2 Å². The summed E-state index contributed by atoms with van der Waals surface area (Å²) in [6.07, 6.45) is 3.77. The SMILES string of the molecule is CCN(C(=O)c1cc(C#N)ccc1-n1nccn1)[C@@H](C)COc1ncc(C(C)(F)F)cc1F. The van der Waals surface area contributed by atoms with E-state index in [0.29, 0.717) is 18.7 Å². The number of hydrogen-bond acceptors (Lipinski definition) is 6. The van der Waals surface area contributed by atoms with Crippen LogP contribution < -0.4 is 4.74 Å². The van der Waals surface area contributed by atoms with Crippen LogP contribution in [0.5, 0.6) is 5.88 Å². The van der Waals surface area contributed by atoms with Crippen molar-refractivity contribution in [2.24, 2.45) is 0 Å². The van der Waals surface area contributed by atoms with E-state index in [2.05, 4.69) is 15.2 Å². The van der Waals surface area contributed by atoms with Crippen LogP contribution in [0.3, 0.4) is 0 Å². The van der Waals surface area contributed by atoms with Gasteiger partial charge in [0.25, 0.3) is 11.8 Å². The quantitative estimate of drug-likeness (QED) is 0.511. The predicted octanol–water partition coefficient (Wildman–Crippen LogP) is 3.71. The number of hydrogen-bond donors (Lipinski definition) is 0. The monoisotopic (exact) mass is 458 g/mol. The van der Waals surface area contributed by atoms with Gasteiger partial charge in [-0.3, -0.25) is 4.79 Å². The first-order chi connectivity index (χ1) is 15.7. The van der Waals surface area contributed by atoms with E-state index in [4.69, 9.17) is 4.74 Å². The number of rotatable bonds is 8. The first kappa shape index (κ1) is 23.7. The Labute approximate surface area is 188 Å². The molecular formula is C22H21F3N6O2. The highest BCUT2D eigenvalue weighted by atomic mass is 19.3. The van der Waals surface area contributed by atoms with Crippen LogP contribution >= 0.6 is 0 Å². The summed E-state index contributed by atoms with van der Waals surface area (Å²) in [5.41, 5.74) is 0.313. The highest BCUT2D eigenvalue weighted by Gasteiger charge is 2.27. The Morgan fingerprint density at radius 3 is 2.58 bits per heavy atom. The number of nitriles is 1. The molecule has 0 unspecified atom stereocenters. The first-order valence-corrected chi connectivity index (χ1v) is 10.0. The van der Waals surface area contributed by atoms with E-state index in [0.717, 1.165) is 6.20 Å². The standard InChI is InChI=1S/C22H21F3N6O2/c1-4-30(14(2)13-33-20-18(23)10-16(12-27-20)22(3,24)25)21(32)17-9-15(11-26)5-6-19(17)31-28-7-8-29-31/h5-10,12,14H,4,13H2,1-3H3/t14-/m0/s1. The van der Waals surface area contributed by atoms with E-state index < -0.39 is 35.1 Å². The fourth-order valence-corrected chi connectivity index (χ4v) is 3.16. The van der Waals surface area contributed by atoms with Gasteiger partial charge in [0.1, 0.15) is 6.61 Å². The van der Waals surface area contributed by atoms with Gasteiger partial charge in [-0.05, 0) is 38.1 Å². The summed E-state index contributed by atoms with van der Waals surface area (Å²) < 4.78 is 46.3. The summed E-state index contributed by atoms with van der Waals surface area (Å²) in [5.74, 6) is -5.10. The maximum atomic E-state index is 14.2. The van der Waals surface area contributed by atoms with Gasteiger partial charge in [-0.1, -0.05) is 0 Å². The number of ether oxygens (including phenoxy) is 1. The highest BCUT2D eigenvalue weighted by molar-refractivity contribution is 5.98. The minimum atomic E-state index is -3.23. The Morgan fingerprint density at radius 1 is 1.30 bits per heavy atom. The van der Waals surface area contributed by atoms with Crippen molar-refractivity contribution in [3.05, 3.63) is 65.4 Å². The number of likely N-dealkylation sites (N-methyl/N-ethyl adjacent to an activating group) is 1. The lowest BCUT2D eigenvalue weighted by Crippen LogP contribution is -2.42. The third kappa shape index (κ3) is 5.28. The van der Waals surface area contributed by atoms with Gasteiger partial charge in [-0.15, -0.1) is 0 Å². The molecule has 11 heteroatoms. The molecule has 3 rings (SSSR count). The van der Waals surface area contributed by atoms with Gasteiger partial charge in [0.2, 0.25) is 5.88 Å². The summed E-state index contributed by atoms with van der Waals surface area (Å²) in [7, 11) is 0. The number of halogens is 3. The highest BCUT2D eigenvalue weighted by Crippen LogP contribution is 2.28. The van der Waals surface area contributed by atoms with Gasteiger partial charge < -0.3 is 9.64 Å². The lowest BCUT2D eigenvalue weighted by atomic mass is 10.1. The van der Waals surface area contributed by atoms with Crippen molar-refractivity contribution < 1.29 is 22.7 Å². The second-order valence-corrected chi connectivity index (χ2v) is 7.31. The minimum absolute atomic E-state index is 0.140. The fraction of sp³-hybridized carbons (Fsp3) is 0.318. The smallest absolute Gasteiger partial charge is 0.272 e. The first-order valence-electron chi connectivity index (χ1n) is 10.0. The maximum absolute atomic E-state index is 14.2. The normalized spacial score (nSPS) is 12.2. The van der Waals surface area contributed by atoms with Crippen molar-refractivity contribution in [3.8, 4) is 17.6 Å². The number of nitrogens with zero attached hydrogens (tertiary/aromatic N) is 6. The second kappa shape index (κ2) is 9.68. The zero-order valence-electron chi connectivity index (χ0n) is 18.2. The molecule has 172 valence electrons. The zero-order valence-corrected chi connectivity index (χ0v) is 18.2. The van der Waals surface area contributed by atoms with Crippen molar-refractivity contribution in [2.45, 2.75) is 32.7 Å². The number of benzene rings is 1. The molecule has 0 aliphatic heterocycles. The van der Waals surface area contributed by atoms with Crippen LogP contribution in [0.25, 0.3) is 5.69 Å². The third-order valence-corrected chi connectivity index (χ3v) is 4.90. The molecule has 3 aromatic rings. The zero-order chi connectivity index (χ0) is 24.2. The molecule has 0 saturated carbocycles. The molecule has 0 spiro atoms. The summed E-state index contributed by atoms with van der Waals surface area (Å²) in [5, 5.41) is 17.4. The van der Waals surface area contributed by atoms with E-state index in [1.807, 2.05) is 6.07 Å². The second-order valence-electron chi connectivity index (χ2n) is 7.31. The number of amides is 1. The summed E-state index contributed by atoms with van der Waals surface area (Å²) in [6, 6.07) is 6.70. The number of carbonyl (C=O) groups is 1. The molecule has 2 aromatic heterocycles. The van der Waals surface area contributed by atoms with Crippen LogP contribution in [0.1, 0.15) is 42.3 Å². The Kier molecular flexibility index (Phi) is 6.96. The molecule has 0 aliphatic rings. The average molecular weight is 458 g/mol. The lowest BCUT2D eigenvalue weighted by molar-refractivity contribution is 0.0165. The molecule has 0 fully saturated rings. The van der Waals surface area contributed by atoms with E-state index in [-0.39, 0.29) is 24.3 Å². The number of aromatic nitrogens is 4. The molecule has 0 bridgehead atoms. The van der Waals surface area contributed by atoms with Gasteiger partial charge >= 0.3 is 0 Å². The average Bonchev–Trinajstić information content (AvgIpc) is 3.32. The summed E-state index contributed by atoms with van der Waals surface area (Å²) in [4.78, 5) is 19.7. The van der Waals surface area contributed by atoms with E-state index >= 15 is 0 Å². The molecule has 1 amide bonds. The maximum Gasteiger partial charge on any atom is 0.272 e. The third-order valence-electron chi connectivity index (χ3n) is 4.90. The molecule has 2 heterocycles. The molecule has 0 saturated heterocycles. The Bertz CT molecular complexity index is 1170. The Balaban J connectivity index is 1.81. The Morgan fingerprint density at radius 2 is 2.00 bits per heavy atom. The van der Waals surface area contributed by atoms with Crippen LogP contribution in [0.4, 0.5) is 13.2 Å². The van der Waals surface area contributed by atoms with Crippen LogP contribution in [-0.2, 0) is 5.92 Å². The van der Waals surface area contributed by atoms with Crippen molar-refractivity contribution in [1.29, 1.82) is 5.26 Å². The van der Waals surface area contributed by atoms with Crippen LogP contribution in [-0.4, -0.2) is 50.0 Å². The van der Waals surface area contributed by atoms with Gasteiger partial charge in [-0.25, -0.2) is 18.2 Å². The summed E-state index contributed by atoms with van der Waals surface area (Å²) >= 11 is 0. The predicted molar refractivity (Wildman–Crippen MR) is 112 cm³/mol. The van der Waals surface area contributed by atoms with Crippen molar-refractivity contribution in [2.75, 3.05) is 13.2 Å². The van der Waals surface area contributed by atoms with Crippen molar-refractivity contribution >= 4 is 5.91 Å². The molecule has 8 nitrogen and oxygen atoms in total. The number of pyridine rings is 1. The van der Waals surface area contributed by atoms with Crippen molar-refractivity contribution in [1.82, 2.24) is 24.9 Å². The van der Waals surface area contributed by atoms with E-state index in [9.17, 15) is 23.2 Å². The van der Waals surface area contributed by atoms with Crippen LogP contribution in [0.2, 0.25) is 0 Å². The van der Waals surface area contributed by atoms with Crippen LogP contribution in [0.15, 0.2) is 42.9 Å². The fourth-order valence-electron chi connectivity index (χ4n) is 3.16.